The number of nitrogens with two attached hydrogens (primary N) is 1. The first-order valence-electron chi connectivity index (χ1n) is 4.05. The molecule has 3 N–H and O–H groups in total. The van der Waals surface area contributed by atoms with E-state index in [4.69, 9.17) is 11.1 Å². The molecular formula is C10H10N2O2. The minimum atomic E-state index is -0.458. The predicted octanol–water partition coefficient (Wildman–Crippen LogP) is 0.281. The molecule has 0 saturated heterocycles. The van der Waals surface area contributed by atoms with Crippen molar-refractivity contribution in [1.82, 2.24) is 0 Å². The molecule has 0 aliphatic rings. The molecule has 14 heavy (non-hydrogen) atoms. The highest BCUT2D eigenvalue weighted by atomic mass is 16.2. The van der Waals surface area contributed by atoms with Crippen LogP contribution >= 0.6 is 0 Å². The largest absolute Gasteiger partial charge is 0.384 e. The summed E-state index contributed by atoms with van der Waals surface area (Å²) in [6, 6.07) is 6.65. The Balaban J connectivity index is 2.78. The first-order chi connectivity index (χ1) is 6.63. The highest BCUT2D eigenvalue weighted by Crippen LogP contribution is 2.04. The summed E-state index contributed by atoms with van der Waals surface area (Å²) in [5.41, 5.74) is 6.60. The topological polar surface area (TPSA) is 84.0 Å². The number of hydrogen-bond acceptors (Lipinski definition) is 3. The zero-order valence-electron chi connectivity index (χ0n) is 7.49. The van der Waals surface area contributed by atoms with E-state index in [1.807, 2.05) is 0 Å². The number of carbonyl (C=O) groups excluding carboxylic acids is 2. The van der Waals surface area contributed by atoms with Crippen LogP contribution in [0, 0.1) is 5.41 Å². The number of amidine groups is 1. The summed E-state index contributed by atoms with van der Waals surface area (Å²) in [4.78, 5) is 20.8. The predicted molar refractivity (Wildman–Crippen MR) is 52.2 cm³/mol. The van der Waals surface area contributed by atoms with Crippen molar-refractivity contribution in [2.24, 2.45) is 5.73 Å². The highest BCUT2D eigenvalue weighted by molar-refractivity contribution is 6.25. The second-order valence-corrected chi connectivity index (χ2v) is 2.87. The molecule has 72 valence electrons. The van der Waals surface area contributed by atoms with Crippen molar-refractivity contribution in [3.8, 4) is 0 Å². The van der Waals surface area contributed by atoms with Crippen LogP contribution in [0.4, 0.5) is 0 Å². The van der Waals surface area contributed by atoms with Crippen molar-refractivity contribution < 1.29 is 9.59 Å². The molecule has 4 nitrogen and oxygen atoms in total. The molecule has 0 aliphatic heterocycles. The Bertz CT molecular complexity index is 368. The number of hydrogen-bond donors (Lipinski definition) is 2. The lowest BCUT2D eigenvalue weighted by atomic mass is 10.1. The Kier molecular flexibility index (Phi) is 3.12. The Labute approximate surface area is 81.2 Å². The van der Waals surface area contributed by atoms with Gasteiger partial charge in [-0.05, 0) is 5.56 Å². The van der Waals surface area contributed by atoms with Crippen molar-refractivity contribution >= 4 is 17.9 Å². The standard InChI is InChI=1S/C10H10N2O2/c11-10(12)8-3-1-7(2-4-8)5-9(14)6-13/h1-4,6H,5H2,(H3,11,12). The van der Waals surface area contributed by atoms with Gasteiger partial charge in [0.15, 0.2) is 12.1 Å². The Morgan fingerprint density at radius 3 is 2.36 bits per heavy atom. The maximum atomic E-state index is 10.8. The van der Waals surface area contributed by atoms with Gasteiger partial charge in [0.25, 0.3) is 0 Å². The van der Waals surface area contributed by atoms with E-state index in [2.05, 4.69) is 0 Å². The van der Waals surface area contributed by atoms with Crippen LogP contribution in [0.5, 0.6) is 0 Å². The SMILES string of the molecule is N=C(N)c1ccc(CC(=O)C=O)cc1. The molecule has 4 heteroatoms. The average molecular weight is 190 g/mol. The molecule has 0 fully saturated rings. The molecule has 0 atom stereocenters. The van der Waals surface area contributed by atoms with E-state index in [1.165, 1.54) is 0 Å². The third-order valence-corrected chi connectivity index (χ3v) is 1.77. The van der Waals surface area contributed by atoms with Gasteiger partial charge in [-0.25, -0.2) is 0 Å². The van der Waals surface area contributed by atoms with E-state index in [1.54, 1.807) is 24.3 Å². The van der Waals surface area contributed by atoms with Gasteiger partial charge in [0, 0.05) is 12.0 Å². The van der Waals surface area contributed by atoms with Crippen molar-refractivity contribution in [2.75, 3.05) is 0 Å². The second kappa shape index (κ2) is 4.32. The van der Waals surface area contributed by atoms with Crippen LogP contribution in [0.15, 0.2) is 24.3 Å². The van der Waals surface area contributed by atoms with E-state index in [9.17, 15) is 9.59 Å². The van der Waals surface area contributed by atoms with E-state index in [-0.39, 0.29) is 12.3 Å². The minimum absolute atomic E-state index is 0.0155. The molecule has 0 radical (unpaired) electrons. The highest BCUT2D eigenvalue weighted by Gasteiger charge is 2.02. The quantitative estimate of drug-likeness (QED) is 0.309. The molecule has 0 heterocycles. The molecule has 0 spiro atoms. The summed E-state index contributed by atoms with van der Waals surface area (Å²) in [7, 11) is 0. The van der Waals surface area contributed by atoms with Crippen molar-refractivity contribution in [2.45, 2.75) is 6.42 Å². The smallest absolute Gasteiger partial charge is 0.199 e. The number of rotatable bonds is 4. The summed E-state index contributed by atoms with van der Waals surface area (Å²) in [6.45, 7) is 0. The number of aldehydes is 1. The number of nitrogen functional groups attached to an aromatic ring is 1. The molecule has 0 aliphatic carbocycles. The average Bonchev–Trinajstić information content (AvgIpc) is 2.18. The fourth-order valence-corrected chi connectivity index (χ4v) is 1.05. The maximum absolute atomic E-state index is 10.8. The van der Waals surface area contributed by atoms with Crippen LogP contribution in [0.3, 0.4) is 0 Å². The van der Waals surface area contributed by atoms with Gasteiger partial charge in [-0.2, -0.15) is 0 Å². The Morgan fingerprint density at radius 1 is 1.36 bits per heavy atom. The number of ketones is 1. The summed E-state index contributed by atoms with van der Waals surface area (Å²) >= 11 is 0. The zero-order chi connectivity index (χ0) is 10.6. The van der Waals surface area contributed by atoms with Gasteiger partial charge in [0.05, 0.1) is 0 Å². The molecule has 0 amide bonds. The van der Waals surface area contributed by atoms with Crippen molar-refractivity contribution in [3.63, 3.8) is 0 Å². The van der Waals surface area contributed by atoms with Crippen LogP contribution in [-0.4, -0.2) is 17.9 Å². The fraction of sp³-hybridized carbons (Fsp3) is 0.100. The summed E-state index contributed by atoms with van der Waals surface area (Å²) in [6.07, 6.45) is 0.403. The zero-order valence-corrected chi connectivity index (χ0v) is 7.49. The van der Waals surface area contributed by atoms with Gasteiger partial charge in [-0.1, -0.05) is 24.3 Å². The molecule has 0 bridgehead atoms. The molecule has 1 aromatic rings. The number of carbonyl (C=O) groups is 2. The van der Waals surface area contributed by atoms with Crippen LogP contribution in [-0.2, 0) is 16.0 Å². The number of nitrogens with one attached hydrogen (secondary N) is 1. The lowest BCUT2D eigenvalue weighted by Crippen LogP contribution is -2.11. The van der Waals surface area contributed by atoms with E-state index in [0.29, 0.717) is 11.8 Å². The molecule has 0 aromatic heterocycles. The lowest BCUT2D eigenvalue weighted by molar-refractivity contribution is -0.129. The monoisotopic (exact) mass is 190 g/mol. The van der Waals surface area contributed by atoms with Gasteiger partial charge < -0.3 is 5.73 Å². The van der Waals surface area contributed by atoms with Crippen molar-refractivity contribution in [1.29, 1.82) is 5.41 Å². The number of Topliss-reactive ketones (excluding diaryl/α,β-unsaturated/α-hetero) is 1. The third-order valence-electron chi connectivity index (χ3n) is 1.77. The van der Waals surface area contributed by atoms with Gasteiger partial charge in [-0.3, -0.25) is 15.0 Å². The third kappa shape index (κ3) is 2.52. The van der Waals surface area contributed by atoms with Crippen LogP contribution in [0.25, 0.3) is 0 Å². The first kappa shape index (κ1) is 10.1. The minimum Gasteiger partial charge on any atom is -0.384 e. The molecular weight excluding hydrogens is 180 g/mol. The molecule has 0 unspecified atom stereocenters. The Hall–Kier alpha value is -1.97. The van der Waals surface area contributed by atoms with Gasteiger partial charge in [-0.15, -0.1) is 0 Å². The van der Waals surface area contributed by atoms with E-state index >= 15 is 0 Å². The van der Waals surface area contributed by atoms with Gasteiger partial charge in [0.2, 0.25) is 0 Å². The van der Waals surface area contributed by atoms with Gasteiger partial charge in [0.1, 0.15) is 5.84 Å². The molecule has 1 aromatic carbocycles. The summed E-state index contributed by atoms with van der Waals surface area (Å²) in [5, 5.41) is 7.14. The van der Waals surface area contributed by atoms with Crippen LogP contribution < -0.4 is 5.73 Å². The fourth-order valence-electron chi connectivity index (χ4n) is 1.05. The summed E-state index contributed by atoms with van der Waals surface area (Å²) < 4.78 is 0. The van der Waals surface area contributed by atoms with Crippen LogP contribution in [0.2, 0.25) is 0 Å². The van der Waals surface area contributed by atoms with E-state index in [0.717, 1.165) is 5.56 Å². The molecule has 1 rings (SSSR count). The first-order valence-corrected chi connectivity index (χ1v) is 4.05. The van der Waals surface area contributed by atoms with Gasteiger partial charge >= 0.3 is 0 Å². The molecule has 0 saturated carbocycles. The second-order valence-electron chi connectivity index (χ2n) is 2.87. The number of benzene rings is 1. The maximum Gasteiger partial charge on any atom is 0.199 e. The lowest BCUT2D eigenvalue weighted by Gasteiger charge is -1.99. The Morgan fingerprint density at radius 2 is 1.93 bits per heavy atom. The summed E-state index contributed by atoms with van der Waals surface area (Å²) in [5.74, 6) is -0.473. The normalized spacial score (nSPS) is 9.43. The van der Waals surface area contributed by atoms with Crippen LogP contribution in [0.1, 0.15) is 11.1 Å². The van der Waals surface area contributed by atoms with E-state index < -0.39 is 5.78 Å². The van der Waals surface area contributed by atoms with Crippen molar-refractivity contribution in [3.05, 3.63) is 35.4 Å².